The van der Waals surface area contributed by atoms with Gasteiger partial charge in [0.05, 0.1) is 0 Å². The Bertz CT molecular complexity index is 425. The lowest BCUT2D eigenvalue weighted by Gasteiger charge is -2.11. The highest BCUT2D eigenvalue weighted by Crippen LogP contribution is 2.25. The van der Waals surface area contributed by atoms with Crippen molar-refractivity contribution >= 4 is 34.2 Å². The van der Waals surface area contributed by atoms with Crippen LogP contribution in [0, 0.1) is 0 Å². The fraction of sp³-hybridized carbons (Fsp3) is 0.417. The molecule has 0 saturated heterocycles. The molecule has 4 nitrogen and oxygen atoms in total. The second-order valence-electron chi connectivity index (χ2n) is 4.16. The van der Waals surface area contributed by atoms with E-state index in [0.717, 1.165) is 16.6 Å². The second-order valence-corrected chi connectivity index (χ2v) is 5.08. The van der Waals surface area contributed by atoms with Gasteiger partial charge >= 0.3 is 0 Å². The summed E-state index contributed by atoms with van der Waals surface area (Å²) in [5.74, 6) is 0.245. The Hall–Kier alpha value is -0.780. The maximum Gasteiger partial charge on any atom is 0.255 e. The van der Waals surface area contributed by atoms with Crippen LogP contribution in [0.2, 0.25) is 0 Å². The molecule has 1 aromatic rings. The summed E-state index contributed by atoms with van der Waals surface area (Å²) in [4.78, 5) is 10.7. The first-order valence-electron chi connectivity index (χ1n) is 5.58. The zero-order valence-electron chi connectivity index (χ0n) is 9.82. The monoisotopic (exact) mass is 334 g/mol. The SMILES string of the molecule is Cl.NC(=O)COc1ccc(Br)cc1CNC1CC1. The van der Waals surface area contributed by atoms with Gasteiger partial charge in [-0.3, -0.25) is 4.79 Å². The number of nitrogens with two attached hydrogens (primary N) is 1. The van der Waals surface area contributed by atoms with Crippen LogP contribution in [0.15, 0.2) is 22.7 Å². The summed E-state index contributed by atoms with van der Waals surface area (Å²) in [6.45, 7) is 0.663. The molecule has 1 fully saturated rings. The fourth-order valence-electron chi connectivity index (χ4n) is 1.52. The summed E-state index contributed by atoms with van der Waals surface area (Å²) in [7, 11) is 0. The van der Waals surface area contributed by atoms with Crippen LogP contribution in [0.3, 0.4) is 0 Å². The first-order valence-corrected chi connectivity index (χ1v) is 6.37. The van der Waals surface area contributed by atoms with Gasteiger partial charge in [-0.15, -0.1) is 12.4 Å². The molecule has 0 unspecified atom stereocenters. The molecule has 1 aliphatic rings. The first kappa shape index (κ1) is 15.3. The molecule has 6 heteroatoms. The summed E-state index contributed by atoms with van der Waals surface area (Å²) < 4.78 is 6.37. The minimum atomic E-state index is -0.464. The minimum absolute atomic E-state index is 0. The molecule has 2 rings (SSSR count). The molecule has 0 atom stereocenters. The highest BCUT2D eigenvalue weighted by atomic mass is 79.9. The normalized spacial score (nSPS) is 13.8. The van der Waals surface area contributed by atoms with E-state index < -0.39 is 5.91 Å². The number of primary amides is 1. The number of benzene rings is 1. The molecule has 1 amide bonds. The minimum Gasteiger partial charge on any atom is -0.483 e. The predicted octanol–water partition coefficient (Wildman–Crippen LogP) is 1.99. The molecule has 0 aromatic heterocycles. The topological polar surface area (TPSA) is 64.4 Å². The molecule has 1 aliphatic carbocycles. The molecule has 3 N–H and O–H groups in total. The van der Waals surface area contributed by atoms with Crippen molar-refractivity contribution in [3.8, 4) is 5.75 Å². The average molecular weight is 336 g/mol. The van der Waals surface area contributed by atoms with Gasteiger partial charge in [0.15, 0.2) is 6.61 Å². The lowest BCUT2D eigenvalue weighted by molar-refractivity contribution is -0.119. The summed E-state index contributed by atoms with van der Waals surface area (Å²) >= 11 is 3.42. The van der Waals surface area contributed by atoms with Gasteiger partial charge in [0.25, 0.3) is 5.91 Å². The molecule has 0 bridgehead atoms. The van der Waals surface area contributed by atoms with Crippen LogP contribution in [-0.2, 0) is 11.3 Å². The zero-order chi connectivity index (χ0) is 12.3. The Labute approximate surface area is 121 Å². The molecular formula is C12H16BrClN2O2. The summed E-state index contributed by atoms with van der Waals surface area (Å²) in [6, 6.07) is 6.36. The predicted molar refractivity (Wildman–Crippen MR) is 75.9 cm³/mol. The number of hydrogen-bond donors (Lipinski definition) is 2. The number of ether oxygens (including phenoxy) is 1. The van der Waals surface area contributed by atoms with E-state index in [0.29, 0.717) is 11.8 Å². The van der Waals surface area contributed by atoms with Crippen molar-refractivity contribution in [3.05, 3.63) is 28.2 Å². The smallest absolute Gasteiger partial charge is 0.255 e. The molecule has 0 radical (unpaired) electrons. The highest BCUT2D eigenvalue weighted by Gasteiger charge is 2.20. The number of amides is 1. The van der Waals surface area contributed by atoms with Gasteiger partial charge in [0, 0.05) is 22.6 Å². The molecule has 0 spiro atoms. The van der Waals surface area contributed by atoms with Crippen molar-refractivity contribution in [2.24, 2.45) is 5.73 Å². The Kier molecular flexibility index (Phi) is 5.91. The lowest BCUT2D eigenvalue weighted by atomic mass is 10.2. The number of rotatable bonds is 6. The number of carbonyl (C=O) groups excluding carboxylic acids is 1. The summed E-state index contributed by atoms with van der Waals surface area (Å²) in [5.41, 5.74) is 6.10. The van der Waals surface area contributed by atoms with Gasteiger partial charge in [0.1, 0.15) is 5.75 Å². The van der Waals surface area contributed by atoms with Gasteiger partial charge in [-0.1, -0.05) is 15.9 Å². The molecule has 1 aromatic carbocycles. The maximum absolute atomic E-state index is 10.7. The van der Waals surface area contributed by atoms with Crippen molar-refractivity contribution in [2.75, 3.05) is 6.61 Å². The van der Waals surface area contributed by atoms with Gasteiger partial charge in [-0.05, 0) is 31.0 Å². The van der Waals surface area contributed by atoms with Crippen LogP contribution in [0.4, 0.5) is 0 Å². The van der Waals surface area contributed by atoms with E-state index in [9.17, 15) is 4.79 Å². The van der Waals surface area contributed by atoms with E-state index in [1.807, 2.05) is 18.2 Å². The number of hydrogen-bond acceptors (Lipinski definition) is 3. The van der Waals surface area contributed by atoms with E-state index in [1.54, 1.807) is 0 Å². The standard InChI is InChI=1S/C12H15BrN2O2.ClH/c13-9-1-4-11(17-7-12(14)16)8(5-9)6-15-10-2-3-10;/h1,4-5,10,15H,2-3,6-7H2,(H2,14,16);1H. The zero-order valence-corrected chi connectivity index (χ0v) is 12.2. The van der Waals surface area contributed by atoms with Crippen molar-refractivity contribution < 1.29 is 9.53 Å². The third-order valence-corrected chi connectivity index (χ3v) is 3.04. The number of halogens is 2. The molecule has 0 aliphatic heterocycles. The van der Waals surface area contributed by atoms with E-state index >= 15 is 0 Å². The molecule has 1 saturated carbocycles. The van der Waals surface area contributed by atoms with Crippen LogP contribution in [0.25, 0.3) is 0 Å². The van der Waals surface area contributed by atoms with Crippen molar-refractivity contribution in [2.45, 2.75) is 25.4 Å². The van der Waals surface area contributed by atoms with Crippen LogP contribution in [0.1, 0.15) is 18.4 Å². The van der Waals surface area contributed by atoms with Gasteiger partial charge in [-0.25, -0.2) is 0 Å². The largest absolute Gasteiger partial charge is 0.483 e. The van der Waals surface area contributed by atoms with Crippen molar-refractivity contribution in [3.63, 3.8) is 0 Å². The van der Waals surface area contributed by atoms with E-state index in [1.165, 1.54) is 12.8 Å². The Morgan fingerprint density at radius 1 is 1.50 bits per heavy atom. The van der Waals surface area contributed by atoms with Gasteiger partial charge in [-0.2, -0.15) is 0 Å². The van der Waals surface area contributed by atoms with E-state index in [4.69, 9.17) is 10.5 Å². The molecule has 18 heavy (non-hydrogen) atoms. The third kappa shape index (κ3) is 4.84. The first-order chi connectivity index (χ1) is 8.15. The quantitative estimate of drug-likeness (QED) is 0.835. The van der Waals surface area contributed by atoms with Gasteiger partial charge in [0.2, 0.25) is 0 Å². The van der Waals surface area contributed by atoms with Crippen LogP contribution in [0.5, 0.6) is 5.75 Å². The molecule has 100 valence electrons. The average Bonchev–Trinajstić information content (AvgIpc) is 3.08. The Balaban J connectivity index is 0.00000162. The maximum atomic E-state index is 10.7. The van der Waals surface area contributed by atoms with Crippen LogP contribution < -0.4 is 15.8 Å². The van der Waals surface area contributed by atoms with E-state index in [-0.39, 0.29) is 19.0 Å². The lowest BCUT2D eigenvalue weighted by Crippen LogP contribution is -2.21. The Morgan fingerprint density at radius 2 is 2.22 bits per heavy atom. The van der Waals surface area contributed by atoms with Crippen LogP contribution in [-0.4, -0.2) is 18.6 Å². The Morgan fingerprint density at radius 3 is 2.83 bits per heavy atom. The highest BCUT2D eigenvalue weighted by molar-refractivity contribution is 9.10. The fourth-order valence-corrected chi connectivity index (χ4v) is 1.93. The third-order valence-electron chi connectivity index (χ3n) is 2.55. The van der Waals surface area contributed by atoms with Crippen LogP contribution >= 0.6 is 28.3 Å². The van der Waals surface area contributed by atoms with Gasteiger partial charge < -0.3 is 15.8 Å². The number of carbonyl (C=O) groups is 1. The van der Waals surface area contributed by atoms with Crippen molar-refractivity contribution in [1.82, 2.24) is 5.32 Å². The van der Waals surface area contributed by atoms with Crippen molar-refractivity contribution in [1.29, 1.82) is 0 Å². The molecule has 0 heterocycles. The number of nitrogens with one attached hydrogen (secondary N) is 1. The second kappa shape index (κ2) is 6.97. The summed E-state index contributed by atoms with van der Waals surface area (Å²) in [5, 5.41) is 3.41. The molecular weight excluding hydrogens is 320 g/mol. The summed E-state index contributed by atoms with van der Waals surface area (Å²) in [6.07, 6.45) is 2.48. The van der Waals surface area contributed by atoms with E-state index in [2.05, 4.69) is 21.2 Å².